The Hall–Kier alpha value is -1.16. The number of hydrogen-bond acceptors (Lipinski definition) is 1. The molecule has 0 heterocycles. The third-order valence-electron chi connectivity index (χ3n) is 4.18. The van der Waals surface area contributed by atoms with E-state index < -0.39 is 0 Å². The van der Waals surface area contributed by atoms with Gasteiger partial charge in [-0.05, 0) is 55.4 Å². The minimum absolute atomic E-state index is 0.269. The molecule has 4 heteroatoms. The van der Waals surface area contributed by atoms with E-state index in [9.17, 15) is 4.39 Å². The van der Waals surface area contributed by atoms with Crippen molar-refractivity contribution in [3.05, 3.63) is 30.1 Å². The van der Waals surface area contributed by atoms with E-state index in [-0.39, 0.29) is 5.82 Å². The zero-order chi connectivity index (χ0) is 12.5. The SMILES string of the molecule is Fc1ccccc1NC(=S)N[C@H]1C[C@@H]2CC[C@@H]1C2. The van der Waals surface area contributed by atoms with Gasteiger partial charge < -0.3 is 10.6 Å². The van der Waals surface area contributed by atoms with Gasteiger partial charge in [-0.15, -0.1) is 0 Å². The van der Waals surface area contributed by atoms with Crippen LogP contribution in [0.25, 0.3) is 0 Å². The van der Waals surface area contributed by atoms with Crippen LogP contribution in [0, 0.1) is 17.7 Å². The Bertz CT molecular complexity index is 463. The largest absolute Gasteiger partial charge is 0.359 e. The highest BCUT2D eigenvalue weighted by Gasteiger charge is 2.39. The Labute approximate surface area is 112 Å². The molecule has 96 valence electrons. The number of para-hydroxylation sites is 1. The number of rotatable bonds is 2. The Morgan fingerprint density at radius 3 is 2.72 bits per heavy atom. The molecule has 0 saturated heterocycles. The average Bonchev–Trinajstić information content (AvgIpc) is 2.94. The van der Waals surface area contributed by atoms with E-state index >= 15 is 0 Å². The van der Waals surface area contributed by atoms with E-state index in [0.29, 0.717) is 16.8 Å². The van der Waals surface area contributed by atoms with Gasteiger partial charge in [-0.1, -0.05) is 18.6 Å². The molecule has 2 aliphatic rings. The van der Waals surface area contributed by atoms with Crippen LogP contribution in [0.15, 0.2) is 24.3 Å². The van der Waals surface area contributed by atoms with Crippen LogP contribution in [0.4, 0.5) is 10.1 Å². The summed E-state index contributed by atoms with van der Waals surface area (Å²) in [5.41, 5.74) is 0.443. The second-order valence-corrected chi connectivity index (χ2v) is 5.77. The van der Waals surface area contributed by atoms with Gasteiger partial charge in [0.15, 0.2) is 5.11 Å². The molecule has 3 rings (SSSR count). The van der Waals surface area contributed by atoms with Crippen molar-refractivity contribution in [3.63, 3.8) is 0 Å². The van der Waals surface area contributed by atoms with Gasteiger partial charge in [0.1, 0.15) is 5.82 Å². The lowest BCUT2D eigenvalue weighted by molar-refractivity contribution is 0.391. The number of fused-ring (bicyclic) bond motifs is 2. The zero-order valence-corrected chi connectivity index (χ0v) is 11.0. The molecule has 2 N–H and O–H groups in total. The molecule has 0 radical (unpaired) electrons. The summed E-state index contributed by atoms with van der Waals surface area (Å²) in [5, 5.41) is 6.82. The molecule has 0 spiro atoms. The van der Waals surface area contributed by atoms with Gasteiger partial charge in [-0.2, -0.15) is 0 Å². The van der Waals surface area contributed by atoms with Crippen LogP contribution in [0.3, 0.4) is 0 Å². The summed E-state index contributed by atoms with van der Waals surface area (Å²) in [5.74, 6) is 1.37. The third kappa shape index (κ3) is 2.34. The molecule has 0 amide bonds. The maximum atomic E-state index is 13.5. The second-order valence-electron chi connectivity index (χ2n) is 5.36. The predicted molar refractivity (Wildman–Crippen MR) is 75.0 cm³/mol. The summed E-state index contributed by atoms with van der Waals surface area (Å²) >= 11 is 5.26. The van der Waals surface area contributed by atoms with Gasteiger partial charge in [0.05, 0.1) is 5.69 Å². The van der Waals surface area contributed by atoms with Crippen molar-refractivity contribution in [3.8, 4) is 0 Å². The quantitative estimate of drug-likeness (QED) is 0.801. The van der Waals surface area contributed by atoms with E-state index in [4.69, 9.17) is 12.2 Å². The summed E-state index contributed by atoms with van der Waals surface area (Å²) in [6.07, 6.45) is 5.23. The highest BCUT2D eigenvalue weighted by atomic mass is 32.1. The van der Waals surface area contributed by atoms with Gasteiger partial charge in [0.25, 0.3) is 0 Å². The first-order valence-corrected chi connectivity index (χ1v) is 6.95. The lowest BCUT2D eigenvalue weighted by Crippen LogP contribution is -2.40. The molecule has 18 heavy (non-hydrogen) atoms. The first-order valence-electron chi connectivity index (χ1n) is 6.54. The summed E-state index contributed by atoms with van der Waals surface area (Å²) in [7, 11) is 0. The minimum Gasteiger partial charge on any atom is -0.359 e. The Morgan fingerprint density at radius 1 is 1.22 bits per heavy atom. The molecule has 2 nitrogen and oxygen atoms in total. The summed E-state index contributed by atoms with van der Waals surface area (Å²) in [6, 6.07) is 7.08. The zero-order valence-electron chi connectivity index (χ0n) is 10.2. The molecular formula is C14H17FN2S. The van der Waals surface area contributed by atoms with Gasteiger partial charge in [-0.25, -0.2) is 4.39 Å². The van der Waals surface area contributed by atoms with Gasteiger partial charge in [-0.3, -0.25) is 0 Å². The fourth-order valence-electron chi connectivity index (χ4n) is 3.31. The molecule has 2 fully saturated rings. The van der Waals surface area contributed by atoms with E-state index in [1.807, 2.05) is 0 Å². The lowest BCUT2D eigenvalue weighted by atomic mass is 9.96. The molecule has 0 unspecified atom stereocenters. The number of halogens is 1. The molecule has 0 aromatic heterocycles. The molecular weight excluding hydrogens is 247 g/mol. The minimum atomic E-state index is -0.269. The number of thiocarbonyl (C=S) groups is 1. The molecule has 2 bridgehead atoms. The maximum absolute atomic E-state index is 13.5. The van der Waals surface area contributed by atoms with E-state index in [1.54, 1.807) is 18.2 Å². The van der Waals surface area contributed by atoms with Crippen LogP contribution >= 0.6 is 12.2 Å². The van der Waals surface area contributed by atoms with Crippen LogP contribution in [0.5, 0.6) is 0 Å². The van der Waals surface area contributed by atoms with Crippen molar-refractivity contribution >= 4 is 23.0 Å². The van der Waals surface area contributed by atoms with Crippen molar-refractivity contribution < 1.29 is 4.39 Å². The lowest BCUT2D eigenvalue weighted by Gasteiger charge is -2.24. The van der Waals surface area contributed by atoms with Crippen molar-refractivity contribution in [1.82, 2.24) is 5.32 Å². The Balaban J connectivity index is 1.58. The molecule has 0 aliphatic heterocycles. The maximum Gasteiger partial charge on any atom is 0.171 e. The standard InChI is InChI=1S/C14H17FN2S/c15-11-3-1-2-4-12(11)16-14(18)17-13-8-9-5-6-10(13)7-9/h1-4,9-10,13H,5-8H2,(H2,16,17,18)/t9-,10-,13+/m1/s1. The molecule has 1 aromatic carbocycles. The van der Waals surface area contributed by atoms with Gasteiger partial charge in [0.2, 0.25) is 0 Å². The number of benzene rings is 1. The van der Waals surface area contributed by atoms with Crippen molar-refractivity contribution in [2.75, 3.05) is 5.32 Å². The number of hydrogen-bond donors (Lipinski definition) is 2. The van der Waals surface area contributed by atoms with Crippen molar-refractivity contribution in [1.29, 1.82) is 0 Å². The van der Waals surface area contributed by atoms with Crippen LogP contribution in [-0.2, 0) is 0 Å². The van der Waals surface area contributed by atoms with Crippen LogP contribution in [-0.4, -0.2) is 11.2 Å². The molecule has 2 aliphatic carbocycles. The van der Waals surface area contributed by atoms with Crippen LogP contribution in [0.2, 0.25) is 0 Å². The summed E-state index contributed by atoms with van der Waals surface area (Å²) < 4.78 is 13.5. The number of nitrogens with one attached hydrogen (secondary N) is 2. The summed E-state index contributed by atoms with van der Waals surface area (Å²) in [6.45, 7) is 0. The number of anilines is 1. The first-order chi connectivity index (χ1) is 8.72. The highest BCUT2D eigenvalue weighted by molar-refractivity contribution is 7.80. The van der Waals surface area contributed by atoms with E-state index in [2.05, 4.69) is 10.6 Å². The Morgan fingerprint density at radius 2 is 2.06 bits per heavy atom. The summed E-state index contributed by atoms with van der Waals surface area (Å²) in [4.78, 5) is 0. The monoisotopic (exact) mass is 264 g/mol. The smallest absolute Gasteiger partial charge is 0.171 e. The van der Waals surface area contributed by atoms with Crippen molar-refractivity contribution in [2.45, 2.75) is 31.7 Å². The fourth-order valence-corrected chi connectivity index (χ4v) is 3.57. The van der Waals surface area contributed by atoms with Crippen LogP contribution < -0.4 is 10.6 Å². The second kappa shape index (κ2) is 4.84. The molecule has 3 atom stereocenters. The highest BCUT2D eigenvalue weighted by Crippen LogP contribution is 2.44. The van der Waals surface area contributed by atoms with E-state index in [1.165, 1.54) is 31.7 Å². The van der Waals surface area contributed by atoms with Gasteiger partial charge in [0, 0.05) is 6.04 Å². The molecule has 2 saturated carbocycles. The van der Waals surface area contributed by atoms with Crippen LogP contribution in [0.1, 0.15) is 25.7 Å². The first kappa shape index (κ1) is 11.9. The van der Waals surface area contributed by atoms with Crippen molar-refractivity contribution in [2.24, 2.45) is 11.8 Å². The van der Waals surface area contributed by atoms with E-state index in [0.717, 1.165) is 11.8 Å². The normalized spacial score (nSPS) is 29.3. The Kier molecular flexibility index (Phi) is 3.20. The topological polar surface area (TPSA) is 24.1 Å². The predicted octanol–water partition coefficient (Wildman–Crippen LogP) is 3.30. The van der Waals surface area contributed by atoms with Gasteiger partial charge >= 0.3 is 0 Å². The third-order valence-corrected chi connectivity index (χ3v) is 4.40. The average molecular weight is 264 g/mol. The fraction of sp³-hybridized carbons (Fsp3) is 0.500. The molecule has 1 aromatic rings.